The smallest absolute Gasteiger partial charge is 0.261 e. The normalized spacial score (nSPS) is 9.82. The van der Waals surface area contributed by atoms with Gasteiger partial charge in [0.05, 0.1) is 17.8 Å². The van der Waals surface area contributed by atoms with Crippen LogP contribution in [0.5, 0.6) is 0 Å². The highest BCUT2D eigenvalue weighted by Gasteiger charge is 2.09. The van der Waals surface area contributed by atoms with Crippen LogP contribution in [-0.4, -0.2) is 24.3 Å². The van der Waals surface area contributed by atoms with Crippen molar-refractivity contribution in [2.24, 2.45) is 0 Å². The number of thiophene rings is 1. The molecule has 0 aliphatic carbocycles. The number of rotatable bonds is 5. The molecule has 0 radical (unpaired) electrons. The number of carbonyl (C=O) groups is 3. The van der Waals surface area contributed by atoms with E-state index in [0.717, 1.165) is 5.56 Å². The largest absolute Gasteiger partial charge is 0.342 e. The molecule has 7 heteroatoms. The predicted octanol–water partition coefficient (Wildman–Crippen LogP) is 0.868. The van der Waals surface area contributed by atoms with Gasteiger partial charge in [-0.2, -0.15) is 0 Å². The van der Waals surface area contributed by atoms with Crippen molar-refractivity contribution in [2.75, 3.05) is 6.54 Å². The van der Waals surface area contributed by atoms with E-state index in [-0.39, 0.29) is 24.8 Å². The number of hydrogen-bond donors (Lipinski definition) is 3. The third kappa shape index (κ3) is 5.02. The second-order valence-electron chi connectivity index (χ2n) is 4.42. The van der Waals surface area contributed by atoms with Gasteiger partial charge in [0.25, 0.3) is 11.8 Å². The Morgan fingerprint density at radius 1 is 0.909 bits per heavy atom. The van der Waals surface area contributed by atoms with Crippen molar-refractivity contribution in [3.8, 4) is 0 Å². The van der Waals surface area contributed by atoms with Gasteiger partial charge in [-0.05, 0) is 17.0 Å². The molecule has 0 aliphatic heterocycles. The SMILES string of the molecule is O=C(CNC(=O)c1cccs1)NNC(=O)Cc1ccccc1. The first-order chi connectivity index (χ1) is 10.6. The Hall–Kier alpha value is -2.67. The summed E-state index contributed by atoms with van der Waals surface area (Å²) in [7, 11) is 0. The number of amides is 3. The van der Waals surface area contributed by atoms with E-state index in [1.165, 1.54) is 11.3 Å². The molecule has 3 N–H and O–H groups in total. The van der Waals surface area contributed by atoms with Crippen LogP contribution < -0.4 is 16.2 Å². The van der Waals surface area contributed by atoms with Crippen LogP contribution >= 0.6 is 11.3 Å². The summed E-state index contributed by atoms with van der Waals surface area (Å²) in [4.78, 5) is 35.3. The quantitative estimate of drug-likeness (QED) is 0.715. The molecule has 2 rings (SSSR count). The van der Waals surface area contributed by atoms with Crippen molar-refractivity contribution in [1.29, 1.82) is 0 Å². The highest BCUT2D eigenvalue weighted by molar-refractivity contribution is 7.12. The maximum atomic E-state index is 11.6. The van der Waals surface area contributed by atoms with Gasteiger partial charge >= 0.3 is 0 Å². The Labute approximate surface area is 131 Å². The zero-order valence-electron chi connectivity index (χ0n) is 11.7. The molecule has 0 bridgehead atoms. The Kier molecular flexibility index (Phi) is 5.67. The average Bonchev–Trinajstić information content (AvgIpc) is 3.06. The second-order valence-corrected chi connectivity index (χ2v) is 5.37. The van der Waals surface area contributed by atoms with Crippen LogP contribution in [0, 0.1) is 0 Å². The standard InChI is InChI=1S/C15H15N3O3S/c19-13(9-11-5-2-1-3-6-11)17-18-14(20)10-16-15(21)12-7-4-8-22-12/h1-8H,9-10H2,(H,16,21)(H,17,19)(H,18,20). The molecule has 0 spiro atoms. The van der Waals surface area contributed by atoms with Gasteiger partial charge in [-0.3, -0.25) is 25.2 Å². The molecular formula is C15H15N3O3S. The molecule has 1 aromatic heterocycles. The zero-order valence-corrected chi connectivity index (χ0v) is 12.5. The number of hydrazine groups is 1. The first-order valence-electron chi connectivity index (χ1n) is 6.58. The van der Waals surface area contributed by atoms with E-state index in [1.54, 1.807) is 17.5 Å². The average molecular weight is 317 g/mol. The highest BCUT2D eigenvalue weighted by atomic mass is 32.1. The van der Waals surface area contributed by atoms with Crippen molar-refractivity contribution < 1.29 is 14.4 Å². The van der Waals surface area contributed by atoms with Gasteiger partial charge in [0.1, 0.15) is 0 Å². The fraction of sp³-hybridized carbons (Fsp3) is 0.133. The number of benzene rings is 1. The van der Waals surface area contributed by atoms with Gasteiger partial charge in [-0.15, -0.1) is 11.3 Å². The maximum Gasteiger partial charge on any atom is 0.261 e. The third-order valence-corrected chi connectivity index (χ3v) is 3.57. The summed E-state index contributed by atoms with van der Waals surface area (Å²) in [6.45, 7) is -0.206. The van der Waals surface area contributed by atoms with Crippen molar-refractivity contribution in [1.82, 2.24) is 16.2 Å². The van der Waals surface area contributed by atoms with Crippen molar-refractivity contribution in [3.63, 3.8) is 0 Å². The van der Waals surface area contributed by atoms with E-state index in [0.29, 0.717) is 4.88 Å². The van der Waals surface area contributed by atoms with Crippen molar-refractivity contribution in [3.05, 3.63) is 58.3 Å². The molecule has 114 valence electrons. The summed E-state index contributed by atoms with van der Waals surface area (Å²) >= 11 is 1.29. The predicted molar refractivity (Wildman–Crippen MR) is 83.1 cm³/mol. The van der Waals surface area contributed by atoms with Gasteiger partial charge in [0, 0.05) is 0 Å². The number of hydrogen-bond acceptors (Lipinski definition) is 4. The molecule has 3 amide bonds. The molecule has 0 saturated heterocycles. The molecule has 22 heavy (non-hydrogen) atoms. The Morgan fingerprint density at radius 3 is 2.32 bits per heavy atom. The van der Waals surface area contributed by atoms with Crippen LogP contribution in [0.2, 0.25) is 0 Å². The first-order valence-corrected chi connectivity index (χ1v) is 7.46. The van der Waals surface area contributed by atoms with E-state index < -0.39 is 5.91 Å². The zero-order chi connectivity index (χ0) is 15.8. The van der Waals surface area contributed by atoms with Crippen molar-refractivity contribution >= 4 is 29.1 Å². The second kappa shape index (κ2) is 7.94. The Balaban J connectivity index is 1.67. The molecule has 0 saturated carbocycles. The molecule has 1 heterocycles. The van der Waals surface area contributed by atoms with Crippen molar-refractivity contribution in [2.45, 2.75) is 6.42 Å². The summed E-state index contributed by atoms with van der Waals surface area (Å²) in [5, 5.41) is 4.24. The van der Waals surface area contributed by atoms with Gasteiger partial charge in [-0.25, -0.2) is 0 Å². The van der Waals surface area contributed by atoms with Gasteiger partial charge < -0.3 is 5.32 Å². The van der Waals surface area contributed by atoms with Crippen LogP contribution in [0.15, 0.2) is 47.8 Å². The first kappa shape index (κ1) is 15.7. The molecule has 0 fully saturated rings. The lowest BCUT2D eigenvalue weighted by molar-refractivity contribution is -0.128. The lowest BCUT2D eigenvalue weighted by Gasteiger charge is -2.08. The maximum absolute atomic E-state index is 11.6. The topological polar surface area (TPSA) is 87.3 Å². The van der Waals surface area contributed by atoms with E-state index in [1.807, 2.05) is 30.3 Å². The van der Waals surface area contributed by atoms with E-state index in [2.05, 4.69) is 16.2 Å². The minimum Gasteiger partial charge on any atom is -0.342 e. The summed E-state index contributed by atoms with van der Waals surface area (Å²) in [5.41, 5.74) is 5.40. The summed E-state index contributed by atoms with van der Waals surface area (Å²) in [6.07, 6.45) is 0.169. The molecule has 0 unspecified atom stereocenters. The summed E-state index contributed by atoms with van der Waals surface area (Å²) in [5.74, 6) is -1.14. The van der Waals surface area contributed by atoms with Crippen LogP contribution in [0.4, 0.5) is 0 Å². The minimum absolute atomic E-state index is 0.169. The van der Waals surface area contributed by atoms with E-state index in [4.69, 9.17) is 0 Å². The van der Waals surface area contributed by atoms with Gasteiger partial charge in [0.2, 0.25) is 5.91 Å². The molecule has 0 atom stereocenters. The molecular weight excluding hydrogens is 302 g/mol. The van der Waals surface area contributed by atoms with Gasteiger partial charge in [-0.1, -0.05) is 36.4 Å². The Bertz CT molecular complexity index is 641. The van der Waals surface area contributed by atoms with E-state index in [9.17, 15) is 14.4 Å². The third-order valence-electron chi connectivity index (χ3n) is 2.70. The highest BCUT2D eigenvalue weighted by Crippen LogP contribution is 2.07. The fourth-order valence-electron chi connectivity index (χ4n) is 1.66. The molecule has 2 aromatic rings. The molecule has 1 aromatic carbocycles. The lowest BCUT2D eigenvalue weighted by Crippen LogP contribution is -2.46. The summed E-state index contributed by atoms with van der Waals surface area (Å²) < 4.78 is 0. The minimum atomic E-state index is -0.494. The number of carbonyl (C=O) groups excluding carboxylic acids is 3. The van der Waals surface area contributed by atoms with Crippen LogP contribution in [0.25, 0.3) is 0 Å². The van der Waals surface area contributed by atoms with Gasteiger partial charge in [0.15, 0.2) is 0 Å². The Morgan fingerprint density at radius 2 is 1.64 bits per heavy atom. The van der Waals surface area contributed by atoms with Crippen LogP contribution in [-0.2, 0) is 16.0 Å². The summed E-state index contributed by atoms with van der Waals surface area (Å²) in [6, 6.07) is 12.6. The molecule has 6 nitrogen and oxygen atoms in total. The van der Waals surface area contributed by atoms with E-state index >= 15 is 0 Å². The lowest BCUT2D eigenvalue weighted by atomic mass is 10.1. The van der Waals surface area contributed by atoms with Crippen LogP contribution in [0.1, 0.15) is 15.2 Å². The molecule has 0 aliphatic rings. The monoisotopic (exact) mass is 317 g/mol. The fourth-order valence-corrected chi connectivity index (χ4v) is 2.30. The number of nitrogens with one attached hydrogen (secondary N) is 3. The van der Waals surface area contributed by atoms with Crippen LogP contribution in [0.3, 0.4) is 0 Å².